The average Bonchev–Trinajstić information content (AvgIpc) is 3.36. The summed E-state index contributed by atoms with van der Waals surface area (Å²) in [4.78, 5) is 8.86. The molecule has 0 saturated heterocycles. The largest absolute Gasteiger partial charge is 0.333 e. The molecule has 2 aromatic carbocycles. The van der Waals surface area contributed by atoms with Crippen LogP contribution in [0.2, 0.25) is 0 Å². The summed E-state index contributed by atoms with van der Waals surface area (Å²) in [7, 11) is 0. The van der Waals surface area contributed by atoms with E-state index in [1.807, 2.05) is 25.1 Å². The zero-order valence-electron chi connectivity index (χ0n) is 14.9. The van der Waals surface area contributed by atoms with Crippen LogP contribution in [0.1, 0.15) is 5.56 Å². The summed E-state index contributed by atoms with van der Waals surface area (Å²) in [6.45, 7) is 2.05. The molecule has 5 rings (SSSR count). The van der Waals surface area contributed by atoms with Crippen molar-refractivity contribution in [2.24, 2.45) is 0 Å². The van der Waals surface area contributed by atoms with E-state index in [-0.39, 0.29) is 5.82 Å². The van der Waals surface area contributed by atoms with Gasteiger partial charge in [-0.3, -0.25) is 0 Å². The molecule has 0 aliphatic rings. The minimum absolute atomic E-state index is 0.308. The fourth-order valence-electron chi connectivity index (χ4n) is 3.03. The van der Waals surface area contributed by atoms with Crippen molar-refractivity contribution in [2.45, 2.75) is 6.92 Å². The Morgan fingerprint density at radius 1 is 0.929 bits per heavy atom. The molecule has 0 amide bonds. The Labute approximate surface area is 159 Å². The molecule has 0 unspecified atom stereocenters. The van der Waals surface area contributed by atoms with Gasteiger partial charge in [0.1, 0.15) is 11.4 Å². The first-order valence-electron chi connectivity index (χ1n) is 8.69. The van der Waals surface area contributed by atoms with Crippen LogP contribution in [-0.2, 0) is 0 Å². The van der Waals surface area contributed by atoms with Crippen molar-refractivity contribution < 1.29 is 8.91 Å². The van der Waals surface area contributed by atoms with Crippen LogP contribution in [0.15, 0.2) is 71.5 Å². The lowest BCUT2D eigenvalue weighted by Gasteiger charge is -2.05. The molecule has 0 bridgehead atoms. The van der Waals surface area contributed by atoms with Gasteiger partial charge in [0, 0.05) is 17.3 Å². The third-order valence-corrected chi connectivity index (χ3v) is 4.51. The van der Waals surface area contributed by atoms with Gasteiger partial charge in [-0.2, -0.15) is 10.1 Å². The lowest BCUT2D eigenvalue weighted by molar-refractivity contribution is 0.432. The molecule has 0 aliphatic carbocycles. The molecular formula is C21H14FN5O. The minimum atomic E-state index is -0.317. The van der Waals surface area contributed by atoms with Gasteiger partial charge < -0.3 is 4.52 Å². The summed E-state index contributed by atoms with van der Waals surface area (Å²) >= 11 is 0. The van der Waals surface area contributed by atoms with E-state index >= 15 is 0 Å². The standard InChI is InChI=1S/C21H14FN5O/c1-13-2-4-14(5-3-13)18-10-11-23-20-17(12-24-27(18)20)21-25-19(26-28-21)15-6-8-16(22)9-7-15/h2-12H,1H3. The van der Waals surface area contributed by atoms with E-state index in [0.29, 0.717) is 28.5 Å². The third-order valence-electron chi connectivity index (χ3n) is 4.51. The Kier molecular flexibility index (Phi) is 3.72. The topological polar surface area (TPSA) is 69.1 Å². The maximum atomic E-state index is 13.1. The molecule has 0 N–H and O–H groups in total. The lowest BCUT2D eigenvalue weighted by Crippen LogP contribution is -1.95. The highest BCUT2D eigenvalue weighted by Crippen LogP contribution is 2.28. The number of hydrogen-bond donors (Lipinski definition) is 0. The van der Waals surface area contributed by atoms with Crippen molar-refractivity contribution in [2.75, 3.05) is 0 Å². The van der Waals surface area contributed by atoms with Crippen molar-refractivity contribution in [1.82, 2.24) is 24.7 Å². The maximum Gasteiger partial charge on any atom is 0.263 e. The first-order valence-corrected chi connectivity index (χ1v) is 8.69. The number of halogens is 1. The Hall–Kier alpha value is -3.87. The smallest absolute Gasteiger partial charge is 0.263 e. The molecule has 5 aromatic rings. The van der Waals surface area contributed by atoms with Crippen LogP contribution in [0.4, 0.5) is 4.39 Å². The zero-order chi connectivity index (χ0) is 19.1. The second-order valence-corrected chi connectivity index (χ2v) is 6.42. The monoisotopic (exact) mass is 371 g/mol. The highest BCUT2D eigenvalue weighted by molar-refractivity contribution is 5.75. The van der Waals surface area contributed by atoms with Crippen LogP contribution in [0, 0.1) is 12.7 Å². The van der Waals surface area contributed by atoms with E-state index < -0.39 is 0 Å². The Bertz CT molecular complexity index is 1270. The number of aromatic nitrogens is 5. The predicted octanol–water partition coefficient (Wildman–Crippen LogP) is 4.56. The molecule has 0 radical (unpaired) electrons. The quantitative estimate of drug-likeness (QED) is 0.465. The van der Waals surface area contributed by atoms with E-state index in [2.05, 4.69) is 32.4 Å². The van der Waals surface area contributed by atoms with Crippen LogP contribution < -0.4 is 0 Å². The van der Waals surface area contributed by atoms with Crippen LogP contribution in [0.3, 0.4) is 0 Å². The molecule has 3 aromatic heterocycles. The highest BCUT2D eigenvalue weighted by Gasteiger charge is 2.18. The molecule has 0 aliphatic heterocycles. The number of nitrogens with zero attached hydrogens (tertiary/aromatic N) is 5. The molecule has 0 fully saturated rings. The average molecular weight is 371 g/mol. The van der Waals surface area contributed by atoms with Crippen LogP contribution in [0.25, 0.3) is 39.7 Å². The summed E-state index contributed by atoms with van der Waals surface area (Å²) in [5.41, 5.74) is 5.05. The molecule has 7 heteroatoms. The SMILES string of the molecule is Cc1ccc(-c2ccnc3c(-c4nc(-c5ccc(F)cc5)no4)cnn23)cc1. The lowest BCUT2D eigenvalue weighted by atomic mass is 10.1. The summed E-state index contributed by atoms with van der Waals surface area (Å²) < 4.78 is 20.3. The van der Waals surface area contributed by atoms with Crippen LogP contribution in [0.5, 0.6) is 0 Å². The van der Waals surface area contributed by atoms with Gasteiger partial charge in [0.15, 0.2) is 5.65 Å². The molecule has 3 heterocycles. The van der Waals surface area contributed by atoms with Crippen LogP contribution in [-0.4, -0.2) is 24.7 Å². The molecule has 6 nitrogen and oxygen atoms in total. The number of aryl methyl sites for hydroxylation is 1. The predicted molar refractivity (Wildman–Crippen MR) is 102 cm³/mol. The van der Waals surface area contributed by atoms with Crippen LogP contribution >= 0.6 is 0 Å². The summed E-state index contributed by atoms with van der Waals surface area (Å²) in [6, 6.07) is 16.0. The van der Waals surface area contributed by atoms with Crippen molar-refractivity contribution in [3.8, 4) is 34.1 Å². The van der Waals surface area contributed by atoms with E-state index in [4.69, 9.17) is 4.52 Å². The van der Waals surface area contributed by atoms with E-state index in [1.165, 1.54) is 17.7 Å². The first-order chi connectivity index (χ1) is 13.7. The van der Waals surface area contributed by atoms with Gasteiger partial charge in [-0.25, -0.2) is 13.9 Å². The van der Waals surface area contributed by atoms with Crippen molar-refractivity contribution in [3.63, 3.8) is 0 Å². The van der Waals surface area contributed by atoms with E-state index in [0.717, 1.165) is 11.3 Å². The van der Waals surface area contributed by atoms with Gasteiger partial charge in [0.25, 0.3) is 5.89 Å². The van der Waals surface area contributed by atoms with Crippen molar-refractivity contribution in [1.29, 1.82) is 0 Å². The van der Waals surface area contributed by atoms with E-state index in [1.54, 1.807) is 29.0 Å². The molecule has 0 atom stereocenters. The second kappa shape index (κ2) is 6.38. The van der Waals surface area contributed by atoms with Gasteiger partial charge in [-0.1, -0.05) is 35.0 Å². The third kappa shape index (κ3) is 2.73. The van der Waals surface area contributed by atoms with E-state index in [9.17, 15) is 4.39 Å². The normalized spacial score (nSPS) is 11.2. The van der Waals surface area contributed by atoms with Gasteiger partial charge in [-0.15, -0.1) is 0 Å². The molecule has 136 valence electrons. The Balaban J connectivity index is 1.58. The van der Waals surface area contributed by atoms with Crippen molar-refractivity contribution >= 4 is 5.65 Å². The number of fused-ring (bicyclic) bond motifs is 1. The fraction of sp³-hybridized carbons (Fsp3) is 0.0476. The Morgan fingerprint density at radius 3 is 2.46 bits per heavy atom. The minimum Gasteiger partial charge on any atom is -0.333 e. The molecular weight excluding hydrogens is 357 g/mol. The summed E-state index contributed by atoms with van der Waals surface area (Å²) in [6.07, 6.45) is 3.38. The molecule has 0 saturated carbocycles. The zero-order valence-corrected chi connectivity index (χ0v) is 14.9. The second-order valence-electron chi connectivity index (χ2n) is 6.42. The van der Waals surface area contributed by atoms with Crippen molar-refractivity contribution in [3.05, 3.63) is 78.4 Å². The maximum absolute atomic E-state index is 13.1. The summed E-state index contributed by atoms with van der Waals surface area (Å²) in [5, 5.41) is 8.46. The van der Waals surface area contributed by atoms with Gasteiger partial charge >= 0.3 is 0 Å². The number of hydrogen-bond acceptors (Lipinski definition) is 5. The number of benzene rings is 2. The highest BCUT2D eigenvalue weighted by atomic mass is 19.1. The number of rotatable bonds is 3. The van der Waals surface area contributed by atoms with Gasteiger partial charge in [-0.05, 0) is 37.3 Å². The fourth-order valence-corrected chi connectivity index (χ4v) is 3.03. The Morgan fingerprint density at radius 2 is 1.68 bits per heavy atom. The summed E-state index contributed by atoms with van der Waals surface area (Å²) in [5.74, 6) is 0.370. The molecule has 0 spiro atoms. The van der Waals surface area contributed by atoms with Gasteiger partial charge in [0.05, 0.1) is 11.9 Å². The van der Waals surface area contributed by atoms with Gasteiger partial charge in [0.2, 0.25) is 5.82 Å². The molecule has 28 heavy (non-hydrogen) atoms. The first kappa shape index (κ1) is 16.3.